The highest BCUT2D eigenvalue weighted by atomic mass is 32.1. The van der Waals surface area contributed by atoms with Crippen LogP contribution in [-0.2, 0) is 30.3 Å². The molecule has 0 aliphatic heterocycles. The lowest BCUT2D eigenvalue weighted by Crippen LogP contribution is -2.61. The number of nitrogens with one attached hydrogen (secondary N) is 1. The van der Waals surface area contributed by atoms with Gasteiger partial charge in [-0.05, 0) is 20.3 Å². The lowest BCUT2D eigenvalue weighted by molar-refractivity contribution is -0.384. The van der Waals surface area contributed by atoms with Crippen molar-refractivity contribution in [3.8, 4) is 11.3 Å². The second-order valence-corrected chi connectivity index (χ2v) is 7.40. The van der Waals surface area contributed by atoms with Crippen LogP contribution in [-0.4, -0.2) is 46.5 Å². The van der Waals surface area contributed by atoms with E-state index in [1.165, 1.54) is 30.4 Å². The minimum atomic E-state index is -1.99. The summed E-state index contributed by atoms with van der Waals surface area (Å²) in [6, 6.07) is 6.06. The highest BCUT2D eigenvalue weighted by molar-refractivity contribution is 7.09. The van der Waals surface area contributed by atoms with Crippen LogP contribution < -0.4 is 5.32 Å². The number of hydrogen-bond acceptors (Lipinski definition) is 9. The summed E-state index contributed by atoms with van der Waals surface area (Å²) in [6.07, 6.45) is 0.0453. The van der Waals surface area contributed by atoms with Gasteiger partial charge < -0.3 is 14.8 Å². The molecule has 0 saturated carbocycles. The fourth-order valence-electron chi connectivity index (χ4n) is 2.89. The van der Waals surface area contributed by atoms with Gasteiger partial charge in [0, 0.05) is 36.4 Å². The van der Waals surface area contributed by atoms with Crippen LogP contribution >= 0.6 is 11.3 Å². The number of non-ortho nitro benzene ring substituents is 1. The summed E-state index contributed by atoms with van der Waals surface area (Å²) in [5, 5.41) is 15.7. The van der Waals surface area contributed by atoms with Crippen molar-refractivity contribution in [3.63, 3.8) is 0 Å². The molecule has 1 amide bonds. The van der Waals surface area contributed by atoms with Gasteiger partial charge in [0.1, 0.15) is 0 Å². The molecule has 2 rings (SSSR count). The van der Waals surface area contributed by atoms with Gasteiger partial charge >= 0.3 is 11.9 Å². The SMILES string of the molecule is CCOC(=O)C(CCc1nc(-c2cccc([N+](=O)[O-])c2)cs1)(NC(C)=O)C(=O)OCC. The van der Waals surface area contributed by atoms with E-state index >= 15 is 0 Å². The van der Waals surface area contributed by atoms with Crippen LogP contribution in [0.15, 0.2) is 29.6 Å². The van der Waals surface area contributed by atoms with E-state index in [0.29, 0.717) is 16.3 Å². The van der Waals surface area contributed by atoms with Gasteiger partial charge in [-0.3, -0.25) is 14.9 Å². The maximum Gasteiger partial charge on any atom is 0.343 e. The van der Waals surface area contributed by atoms with Crippen LogP contribution in [0.2, 0.25) is 0 Å². The molecule has 0 atom stereocenters. The number of nitro groups is 1. The summed E-state index contributed by atoms with van der Waals surface area (Å²) in [7, 11) is 0. The second kappa shape index (κ2) is 10.6. The van der Waals surface area contributed by atoms with E-state index < -0.39 is 28.3 Å². The molecule has 0 radical (unpaired) electrons. The van der Waals surface area contributed by atoms with Crippen molar-refractivity contribution < 1.29 is 28.8 Å². The number of ether oxygens (including phenoxy) is 2. The molecule has 0 spiro atoms. The Bertz CT molecular complexity index is 955. The first-order chi connectivity index (χ1) is 14.7. The maximum atomic E-state index is 12.6. The number of esters is 2. The topological polar surface area (TPSA) is 138 Å². The molecule has 0 aliphatic carbocycles. The van der Waals surface area contributed by atoms with Crippen molar-refractivity contribution in [2.75, 3.05) is 13.2 Å². The molecule has 1 aromatic heterocycles. The Balaban J connectivity index is 2.29. The molecule has 0 bridgehead atoms. The van der Waals surface area contributed by atoms with Gasteiger partial charge in [-0.15, -0.1) is 11.3 Å². The molecule has 2 aromatic rings. The van der Waals surface area contributed by atoms with Crippen molar-refractivity contribution in [2.45, 2.75) is 39.2 Å². The number of nitrogens with zero attached hydrogens (tertiary/aromatic N) is 2. The first-order valence-electron chi connectivity index (χ1n) is 9.56. The Morgan fingerprint density at radius 1 is 1.19 bits per heavy atom. The molecule has 10 nitrogen and oxygen atoms in total. The Hall–Kier alpha value is -3.34. The Morgan fingerprint density at radius 2 is 1.84 bits per heavy atom. The zero-order chi connectivity index (χ0) is 23.0. The monoisotopic (exact) mass is 449 g/mol. The molecule has 1 heterocycles. The Kier molecular flexibility index (Phi) is 8.20. The van der Waals surface area contributed by atoms with Crippen molar-refractivity contribution in [1.29, 1.82) is 0 Å². The lowest BCUT2D eigenvalue weighted by atomic mass is 9.93. The number of carbonyl (C=O) groups excluding carboxylic acids is 3. The van der Waals surface area contributed by atoms with Crippen LogP contribution in [0.3, 0.4) is 0 Å². The molecule has 0 unspecified atom stereocenters. The summed E-state index contributed by atoms with van der Waals surface area (Å²) >= 11 is 1.27. The number of aryl methyl sites for hydroxylation is 1. The van der Waals surface area contributed by atoms with Crippen LogP contribution in [0.1, 0.15) is 32.2 Å². The normalized spacial score (nSPS) is 10.9. The van der Waals surface area contributed by atoms with E-state index in [1.807, 2.05) is 0 Å². The summed E-state index contributed by atoms with van der Waals surface area (Å²) in [5.74, 6) is -2.39. The molecule has 31 heavy (non-hydrogen) atoms. The van der Waals surface area contributed by atoms with Crippen molar-refractivity contribution >= 4 is 34.9 Å². The molecule has 0 saturated heterocycles. The summed E-state index contributed by atoms with van der Waals surface area (Å²) in [6.45, 7) is 4.42. The predicted octanol–water partition coefficient (Wildman–Crippen LogP) is 2.65. The van der Waals surface area contributed by atoms with Gasteiger partial charge in [-0.2, -0.15) is 0 Å². The third-order valence-electron chi connectivity index (χ3n) is 4.26. The number of nitro benzene ring substituents is 1. The summed E-state index contributed by atoms with van der Waals surface area (Å²) in [4.78, 5) is 52.0. The van der Waals surface area contributed by atoms with Gasteiger partial charge in [0.15, 0.2) is 0 Å². The van der Waals surface area contributed by atoms with Crippen molar-refractivity contribution in [3.05, 3.63) is 44.8 Å². The van der Waals surface area contributed by atoms with E-state index in [1.54, 1.807) is 31.4 Å². The third kappa shape index (κ3) is 5.85. The van der Waals surface area contributed by atoms with E-state index in [0.717, 1.165) is 0 Å². The average molecular weight is 449 g/mol. The van der Waals surface area contributed by atoms with Gasteiger partial charge in [-0.25, -0.2) is 14.6 Å². The zero-order valence-corrected chi connectivity index (χ0v) is 18.2. The van der Waals surface area contributed by atoms with Crippen molar-refractivity contribution in [1.82, 2.24) is 10.3 Å². The molecule has 0 fully saturated rings. The largest absolute Gasteiger partial charge is 0.464 e. The van der Waals surface area contributed by atoms with E-state index in [4.69, 9.17) is 9.47 Å². The standard InChI is InChI=1S/C20H23N3O7S/c1-4-29-18(25)20(22-13(3)24,19(26)30-5-2)10-9-17-21-16(12-31-17)14-7-6-8-15(11-14)23(27)28/h6-8,11-12H,4-5,9-10H2,1-3H3,(H,22,24). The number of amides is 1. The number of carbonyl (C=O) groups is 3. The molecule has 166 valence electrons. The molecule has 11 heteroatoms. The number of aromatic nitrogens is 1. The van der Waals surface area contributed by atoms with Crippen molar-refractivity contribution in [2.24, 2.45) is 0 Å². The molecule has 0 aliphatic rings. The highest BCUT2D eigenvalue weighted by Crippen LogP contribution is 2.27. The van der Waals surface area contributed by atoms with Crippen LogP contribution in [0.4, 0.5) is 5.69 Å². The van der Waals surface area contributed by atoms with Gasteiger partial charge in [0.25, 0.3) is 5.69 Å². The van der Waals surface area contributed by atoms with E-state index in [9.17, 15) is 24.5 Å². The first kappa shape index (κ1) is 23.9. The quantitative estimate of drug-likeness (QED) is 0.253. The van der Waals surface area contributed by atoms with Crippen LogP contribution in [0.5, 0.6) is 0 Å². The first-order valence-corrected chi connectivity index (χ1v) is 10.4. The Labute approximate surface area is 182 Å². The van der Waals surface area contributed by atoms with E-state index in [-0.39, 0.29) is 31.7 Å². The summed E-state index contributed by atoms with van der Waals surface area (Å²) in [5.41, 5.74) is -0.946. The number of benzene rings is 1. The lowest BCUT2D eigenvalue weighted by Gasteiger charge is -2.29. The molecule has 1 aromatic carbocycles. The maximum absolute atomic E-state index is 12.6. The fraction of sp³-hybridized carbons (Fsp3) is 0.400. The number of thiazole rings is 1. The zero-order valence-electron chi connectivity index (χ0n) is 17.4. The van der Waals surface area contributed by atoms with Gasteiger partial charge in [0.05, 0.1) is 28.8 Å². The second-order valence-electron chi connectivity index (χ2n) is 6.46. The number of rotatable bonds is 10. The number of hydrogen-bond donors (Lipinski definition) is 1. The summed E-state index contributed by atoms with van der Waals surface area (Å²) < 4.78 is 10.1. The Morgan fingerprint density at radius 3 is 2.39 bits per heavy atom. The van der Waals surface area contributed by atoms with Crippen LogP contribution in [0.25, 0.3) is 11.3 Å². The molecular formula is C20H23N3O7S. The minimum Gasteiger partial charge on any atom is -0.464 e. The third-order valence-corrected chi connectivity index (χ3v) is 5.16. The fourth-order valence-corrected chi connectivity index (χ4v) is 3.70. The van der Waals surface area contributed by atoms with Gasteiger partial charge in [0.2, 0.25) is 11.4 Å². The van der Waals surface area contributed by atoms with Crippen LogP contribution in [0, 0.1) is 10.1 Å². The van der Waals surface area contributed by atoms with Gasteiger partial charge in [-0.1, -0.05) is 12.1 Å². The predicted molar refractivity (Wildman–Crippen MR) is 112 cm³/mol. The highest BCUT2D eigenvalue weighted by Gasteiger charge is 2.49. The smallest absolute Gasteiger partial charge is 0.343 e. The minimum absolute atomic E-state index is 0.0216. The molecular weight excluding hydrogens is 426 g/mol. The molecule has 1 N–H and O–H groups in total. The van der Waals surface area contributed by atoms with E-state index in [2.05, 4.69) is 10.3 Å². The average Bonchev–Trinajstić information content (AvgIpc) is 3.20.